The fourth-order valence-electron chi connectivity index (χ4n) is 4.07. The molecule has 158 valence electrons. The monoisotopic (exact) mass is 424 g/mol. The number of carbonyl (C=O) groups is 1. The topological polar surface area (TPSA) is 108 Å². The second-order valence-electron chi connectivity index (χ2n) is 7.54. The van der Waals surface area contributed by atoms with Gasteiger partial charge < -0.3 is 26.0 Å². The van der Waals surface area contributed by atoms with Crippen molar-refractivity contribution in [3.05, 3.63) is 108 Å². The molecule has 1 aliphatic carbocycles. The maximum Gasteiger partial charge on any atom is 0.336 e. The quantitative estimate of drug-likeness (QED) is 0.311. The molecule has 0 saturated heterocycles. The van der Waals surface area contributed by atoms with Crippen LogP contribution in [-0.2, 0) is 5.79 Å². The number of carboxylic acids is 1. The molecule has 0 fully saturated rings. The SMILES string of the molecule is Nc1ccc(OC2(Oc3ccc(N)cc3)c3ccccc3-c3c(C(=O)O)cccc32)cc1. The predicted octanol–water partition coefficient (Wildman–Crippen LogP) is 4.89. The summed E-state index contributed by atoms with van der Waals surface area (Å²) in [6, 6.07) is 26.6. The Morgan fingerprint density at radius 2 is 1.22 bits per heavy atom. The van der Waals surface area contributed by atoms with Crippen LogP contribution >= 0.6 is 0 Å². The lowest BCUT2D eigenvalue weighted by molar-refractivity contribution is -0.0806. The Morgan fingerprint density at radius 1 is 0.688 bits per heavy atom. The van der Waals surface area contributed by atoms with E-state index in [9.17, 15) is 9.90 Å². The average Bonchev–Trinajstić information content (AvgIpc) is 3.07. The van der Waals surface area contributed by atoms with Crippen LogP contribution in [0, 0.1) is 0 Å². The zero-order valence-corrected chi connectivity index (χ0v) is 17.0. The number of rotatable bonds is 5. The van der Waals surface area contributed by atoms with Crippen LogP contribution < -0.4 is 20.9 Å². The Hall–Kier alpha value is -4.45. The van der Waals surface area contributed by atoms with Crippen molar-refractivity contribution in [3.8, 4) is 22.6 Å². The number of hydrogen-bond acceptors (Lipinski definition) is 5. The van der Waals surface area contributed by atoms with Gasteiger partial charge in [-0.3, -0.25) is 0 Å². The van der Waals surface area contributed by atoms with Gasteiger partial charge in [-0.2, -0.15) is 0 Å². The van der Waals surface area contributed by atoms with Crippen molar-refractivity contribution in [1.29, 1.82) is 0 Å². The number of carboxylic acid groups (broad SMARTS) is 1. The maximum absolute atomic E-state index is 12.1. The largest absolute Gasteiger partial charge is 0.478 e. The van der Waals surface area contributed by atoms with Crippen LogP contribution in [0.25, 0.3) is 11.1 Å². The lowest BCUT2D eigenvalue weighted by Crippen LogP contribution is -2.39. The van der Waals surface area contributed by atoms with Crippen LogP contribution in [0.4, 0.5) is 11.4 Å². The van der Waals surface area contributed by atoms with E-state index in [1.165, 1.54) is 0 Å². The van der Waals surface area contributed by atoms with E-state index in [4.69, 9.17) is 20.9 Å². The first-order valence-corrected chi connectivity index (χ1v) is 10.0. The highest BCUT2D eigenvalue weighted by Crippen LogP contribution is 2.51. The van der Waals surface area contributed by atoms with Crippen LogP contribution in [0.1, 0.15) is 21.5 Å². The smallest absolute Gasteiger partial charge is 0.336 e. The second-order valence-corrected chi connectivity index (χ2v) is 7.54. The van der Waals surface area contributed by atoms with Crippen LogP contribution in [-0.4, -0.2) is 11.1 Å². The summed E-state index contributed by atoms with van der Waals surface area (Å²) in [5, 5.41) is 9.88. The number of aromatic carboxylic acids is 1. The minimum Gasteiger partial charge on any atom is -0.478 e. The average molecular weight is 424 g/mol. The summed E-state index contributed by atoms with van der Waals surface area (Å²) in [4.78, 5) is 12.1. The molecule has 0 unspecified atom stereocenters. The van der Waals surface area contributed by atoms with Crippen LogP contribution in [0.5, 0.6) is 11.5 Å². The summed E-state index contributed by atoms with van der Waals surface area (Å²) < 4.78 is 13.1. The fourth-order valence-corrected chi connectivity index (χ4v) is 4.07. The van der Waals surface area contributed by atoms with Crippen molar-refractivity contribution in [2.75, 3.05) is 11.5 Å². The minimum absolute atomic E-state index is 0.179. The van der Waals surface area contributed by atoms with Gasteiger partial charge in [0.2, 0.25) is 0 Å². The van der Waals surface area contributed by atoms with Gasteiger partial charge >= 0.3 is 11.8 Å². The molecule has 0 bridgehead atoms. The van der Waals surface area contributed by atoms with Crippen LogP contribution in [0.2, 0.25) is 0 Å². The zero-order valence-electron chi connectivity index (χ0n) is 17.0. The van der Waals surface area contributed by atoms with E-state index in [1.54, 1.807) is 60.7 Å². The zero-order chi connectivity index (χ0) is 22.3. The molecule has 4 aromatic carbocycles. The molecule has 0 saturated carbocycles. The molecule has 5 N–H and O–H groups in total. The summed E-state index contributed by atoms with van der Waals surface area (Å²) in [6.07, 6.45) is 0. The van der Waals surface area contributed by atoms with Gasteiger partial charge in [-0.25, -0.2) is 4.79 Å². The number of nitrogens with two attached hydrogens (primary N) is 2. The lowest BCUT2D eigenvalue weighted by Gasteiger charge is -2.33. The van der Waals surface area contributed by atoms with Gasteiger partial charge in [0, 0.05) is 28.1 Å². The molecule has 0 spiro atoms. The molecule has 5 rings (SSSR count). The van der Waals surface area contributed by atoms with Gasteiger partial charge in [0.15, 0.2) is 0 Å². The van der Waals surface area contributed by atoms with Gasteiger partial charge in [0.1, 0.15) is 11.5 Å². The molecule has 6 nitrogen and oxygen atoms in total. The number of anilines is 2. The Kier molecular flexibility index (Phi) is 4.48. The molecule has 0 amide bonds. The number of benzene rings is 4. The lowest BCUT2D eigenvalue weighted by atomic mass is 9.99. The van der Waals surface area contributed by atoms with E-state index in [1.807, 2.05) is 30.3 Å². The summed E-state index contributed by atoms with van der Waals surface area (Å²) in [5.41, 5.74) is 15.7. The van der Waals surface area contributed by atoms with Crippen molar-refractivity contribution in [1.82, 2.24) is 0 Å². The molecule has 6 heteroatoms. The molecule has 0 aliphatic heterocycles. The molecule has 0 radical (unpaired) electrons. The summed E-state index contributed by atoms with van der Waals surface area (Å²) >= 11 is 0. The molecule has 0 atom stereocenters. The van der Waals surface area contributed by atoms with Crippen LogP contribution in [0.15, 0.2) is 91.0 Å². The van der Waals surface area contributed by atoms with Gasteiger partial charge in [-0.05, 0) is 60.2 Å². The van der Waals surface area contributed by atoms with Gasteiger partial charge in [0.25, 0.3) is 0 Å². The molecule has 0 heterocycles. The highest BCUT2D eigenvalue weighted by molar-refractivity contribution is 5.99. The first kappa shape index (κ1) is 19.5. The second kappa shape index (κ2) is 7.35. The normalized spacial score (nSPS) is 13.1. The Labute approximate surface area is 184 Å². The molecular weight excluding hydrogens is 404 g/mol. The van der Waals surface area contributed by atoms with E-state index in [0.717, 1.165) is 5.56 Å². The van der Waals surface area contributed by atoms with Gasteiger partial charge in [0.05, 0.1) is 5.56 Å². The van der Waals surface area contributed by atoms with Crippen molar-refractivity contribution in [2.24, 2.45) is 0 Å². The molecular formula is C26H20N2O4. The highest BCUT2D eigenvalue weighted by Gasteiger charge is 2.49. The van der Waals surface area contributed by atoms with E-state index in [0.29, 0.717) is 39.6 Å². The maximum atomic E-state index is 12.1. The number of ether oxygens (including phenoxy) is 2. The van der Waals surface area contributed by atoms with Crippen molar-refractivity contribution >= 4 is 17.3 Å². The first-order chi connectivity index (χ1) is 15.5. The third-order valence-corrected chi connectivity index (χ3v) is 5.48. The number of fused-ring (bicyclic) bond motifs is 3. The predicted molar refractivity (Wildman–Crippen MR) is 123 cm³/mol. The Bertz CT molecular complexity index is 1270. The third kappa shape index (κ3) is 3.09. The number of nitrogen functional groups attached to an aromatic ring is 2. The summed E-state index contributed by atoms with van der Waals surface area (Å²) in [7, 11) is 0. The van der Waals surface area contributed by atoms with E-state index in [2.05, 4.69) is 0 Å². The molecule has 0 aromatic heterocycles. The van der Waals surface area contributed by atoms with Crippen LogP contribution in [0.3, 0.4) is 0 Å². The summed E-state index contributed by atoms with van der Waals surface area (Å²) in [5.74, 6) is -1.38. The fraction of sp³-hybridized carbons (Fsp3) is 0.0385. The Morgan fingerprint density at radius 3 is 1.78 bits per heavy atom. The highest BCUT2D eigenvalue weighted by atomic mass is 16.7. The first-order valence-electron chi connectivity index (χ1n) is 10.0. The third-order valence-electron chi connectivity index (χ3n) is 5.48. The Balaban J connectivity index is 1.77. The van der Waals surface area contributed by atoms with Gasteiger partial charge in [-0.15, -0.1) is 0 Å². The minimum atomic E-state index is -1.41. The van der Waals surface area contributed by atoms with Crippen molar-refractivity contribution in [3.63, 3.8) is 0 Å². The van der Waals surface area contributed by atoms with E-state index in [-0.39, 0.29) is 5.56 Å². The standard InChI is InChI=1S/C26H20N2O4/c27-16-8-12-18(13-9-16)31-26(32-19-14-10-17(28)11-15-19)22-6-2-1-4-20(22)24-21(25(29)30)5-3-7-23(24)26/h1-15H,27-28H2,(H,29,30). The summed E-state index contributed by atoms with van der Waals surface area (Å²) in [6.45, 7) is 0. The molecule has 32 heavy (non-hydrogen) atoms. The number of hydrogen-bond donors (Lipinski definition) is 3. The van der Waals surface area contributed by atoms with Crippen molar-refractivity contribution in [2.45, 2.75) is 5.79 Å². The van der Waals surface area contributed by atoms with E-state index >= 15 is 0 Å². The molecule has 1 aliphatic rings. The van der Waals surface area contributed by atoms with Gasteiger partial charge in [-0.1, -0.05) is 36.4 Å². The van der Waals surface area contributed by atoms with E-state index < -0.39 is 11.8 Å². The molecule has 4 aromatic rings. The van der Waals surface area contributed by atoms with Crippen molar-refractivity contribution < 1.29 is 19.4 Å².